The summed E-state index contributed by atoms with van der Waals surface area (Å²) in [5.41, 5.74) is 1.25. The van der Waals surface area contributed by atoms with E-state index in [9.17, 15) is 18.0 Å². The van der Waals surface area contributed by atoms with Crippen molar-refractivity contribution in [2.45, 2.75) is 19.6 Å². The van der Waals surface area contributed by atoms with E-state index in [4.69, 9.17) is 0 Å². The van der Waals surface area contributed by atoms with Crippen molar-refractivity contribution in [3.05, 3.63) is 56.7 Å². The Hall–Kier alpha value is -1.85. The van der Waals surface area contributed by atoms with Crippen molar-refractivity contribution in [1.82, 2.24) is 9.80 Å². The summed E-state index contributed by atoms with van der Waals surface area (Å²) in [6, 6.07) is 8.79. The van der Waals surface area contributed by atoms with Gasteiger partial charge in [-0.3, -0.25) is 4.90 Å². The number of nitrogens with one attached hydrogen (secondary N) is 2. The summed E-state index contributed by atoms with van der Waals surface area (Å²) in [5, 5.41) is 5.15. The first-order chi connectivity index (χ1) is 14.1. The highest BCUT2D eigenvalue weighted by atomic mass is 127. The molecule has 5 nitrogen and oxygen atoms in total. The van der Waals surface area contributed by atoms with Crippen molar-refractivity contribution in [2.24, 2.45) is 0 Å². The Bertz CT molecular complexity index is 912. The number of rotatable bonds is 4. The number of alkyl halides is 3. The monoisotopic (exact) mass is 532 g/mol. The van der Waals surface area contributed by atoms with Crippen molar-refractivity contribution in [2.75, 3.05) is 43.9 Å². The number of nitrogens with zero attached hydrogens (tertiary/aromatic N) is 2. The van der Waals surface area contributed by atoms with Crippen LogP contribution >= 0.6 is 22.6 Å². The fraction of sp³-hybridized carbons (Fsp3) is 0.381. The van der Waals surface area contributed by atoms with Crippen LogP contribution in [0, 0.1) is 10.5 Å². The van der Waals surface area contributed by atoms with Crippen LogP contribution in [0.2, 0.25) is 0 Å². The second kappa shape index (κ2) is 9.52. The number of carbonyl (C=O) groups is 1. The lowest BCUT2D eigenvalue weighted by molar-refractivity contribution is -0.138. The molecule has 2 amide bonds. The third-order valence-corrected chi connectivity index (χ3v) is 6.25. The van der Waals surface area contributed by atoms with Crippen LogP contribution in [0.1, 0.15) is 16.7 Å². The molecule has 0 spiro atoms. The number of aryl methyl sites for hydroxylation is 1. The standard InChI is InChI=1S/C21H24F3IN4O/c1-14-3-5-17(12-19(14)25)27-20(30)26-16-6-4-15(18(11-16)21(22,23)24)13-29-9-7-28(2)8-10-29/h3-6,11-12H,7-10,13H2,1-2H3,(H2,26,27,30). The molecule has 9 heteroatoms. The second-order valence-electron chi connectivity index (χ2n) is 7.49. The molecule has 2 N–H and O–H groups in total. The highest BCUT2D eigenvalue weighted by Gasteiger charge is 2.34. The van der Waals surface area contributed by atoms with E-state index in [-0.39, 0.29) is 17.8 Å². The van der Waals surface area contributed by atoms with Gasteiger partial charge in [0.2, 0.25) is 0 Å². The van der Waals surface area contributed by atoms with Gasteiger partial charge in [-0.1, -0.05) is 12.1 Å². The molecule has 2 aromatic carbocycles. The molecule has 0 radical (unpaired) electrons. The van der Waals surface area contributed by atoms with Gasteiger partial charge >= 0.3 is 12.2 Å². The number of carbonyl (C=O) groups excluding carboxylic acids is 1. The fourth-order valence-corrected chi connectivity index (χ4v) is 3.78. The molecule has 0 bridgehead atoms. The Morgan fingerprint density at radius 1 is 1.03 bits per heavy atom. The Balaban J connectivity index is 1.72. The van der Waals surface area contributed by atoms with Gasteiger partial charge in [0, 0.05) is 47.7 Å². The zero-order chi connectivity index (χ0) is 21.9. The Labute approximate surface area is 187 Å². The zero-order valence-corrected chi connectivity index (χ0v) is 19.0. The molecule has 1 fully saturated rings. The molecule has 30 heavy (non-hydrogen) atoms. The van der Waals surface area contributed by atoms with E-state index >= 15 is 0 Å². The van der Waals surface area contributed by atoms with Crippen LogP contribution in [0.25, 0.3) is 0 Å². The molecular formula is C21H24F3IN4O. The Morgan fingerprint density at radius 2 is 1.63 bits per heavy atom. The third-order valence-electron chi connectivity index (χ3n) is 5.09. The van der Waals surface area contributed by atoms with E-state index in [1.165, 1.54) is 12.1 Å². The molecule has 0 atom stereocenters. The number of hydrogen-bond donors (Lipinski definition) is 2. The summed E-state index contributed by atoms with van der Waals surface area (Å²) in [5.74, 6) is 0. The van der Waals surface area contributed by atoms with E-state index in [1.807, 2.05) is 24.9 Å². The molecule has 1 aliphatic heterocycles. The van der Waals surface area contributed by atoms with Gasteiger partial charge in [0.05, 0.1) is 5.56 Å². The van der Waals surface area contributed by atoms with Crippen LogP contribution in [-0.2, 0) is 12.7 Å². The van der Waals surface area contributed by atoms with Gasteiger partial charge in [0.15, 0.2) is 0 Å². The normalized spacial score (nSPS) is 15.8. The molecule has 1 heterocycles. The highest BCUT2D eigenvalue weighted by Crippen LogP contribution is 2.34. The minimum absolute atomic E-state index is 0.101. The molecule has 0 saturated carbocycles. The minimum Gasteiger partial charge on any atom is -0.308 e. The van der Waals surface area contributed by atoms with Crippen molar-refractivity contribution in [1.29, 1.82) is 0 Å². The van der Waals surface area contributed by atoms with Gasteiger partial charge in [-0.25, -0.2) is 4.79 Å². The maximum Gasteiger partial charge on any atom is 0.416 e. The molecule has 0 aromatic heterocycles. The fourth-order valence-electron chi connectivity index (χ4n) is 3.27. The van der Waals surface area contributed by atoms with E-state index in [0.717, 1.165) is 41.4 Å². The number of hydrogen-bond acceptors (Lipinski definition) is 3. The number of likely N-dealkylation sites (N-methyl/N-ethyl adjacent to an activating group) is 1. The number of piperazine rings is 1. The number of urea groups is 1. The SMILES string of the molecule is Cc1ccc(NC(=O)Nc2ccc(CN3CCN(C)CC3)c(C(F)(F)F)c2)cc1I. The molecule has 1 aliphatic rings. The topological polar surface area (TPSA) is 47.6 Å². The average Bonchev–Trinajstić information content (AvgIpc) is 2.67. The minimum atomic E-state index is -4.50. The highest BCUT2D eigenvalue weighted by molar-refractivity contribution is 14.1. The summed E-state index contributed by atoms with van der Waals surface area (Å²) in [4.78, 5) is 16.4. The predicted molar refractivity (Wildman–Crippen MR) is 121 cm³/mol. The van der Waals surface area contributed by atoms with Crippen molar-refractivity contribution in [3.8, 4) is 0 Å². The first kappa shape index (κ1) is 22.8. The lowest BCUT2D eigenvalue weighted by Gasteiger charge is -2.33. The summed E-state index contributed by atoms with van der Waals surface area (Å²) in [7, 11) is 2.00. The van der Waals surface area contributed by atoms with Crippen LogP contribution in [0.4, 0.5) is 29.3 Å². The first-order valence-electron chi connectivity index (χ1n) is 9.57. The predicted octanol–water partition coefficient (Wildman–Crippen LogP) is 5.01. The zero-order valence-electron chi connectivity index (χ0n) is 16.8. The van der Waals surface area contributed by atoms with Crippen LogP contribution < -0.4 is 10.6 Å². The summed E-state index contributed by atoms with van der Waals surface area (Å²) in [6.07, 6.45) is -4.50. The van der Waals surface area contributed by atoms with E-state index in [2.05, 4.69) is 38.1 Å². The van der Waals surface area contributed by atoms with Gasteiger partial charge in [0.1, 0.15) is 0 Å². The van der Waals surface area contributed by atoms with E-state index in [0.29, 0.717) is 5.69 Å². The van der Waals surface area contributed by atoms with Crippen molar-refractivity contribution >= 4 is 40.0 Å². The molecule has 2 aromatic rings. The number of amides is 2. The van der Waals surface area contributed by atoms with Crippen LogP contribution in [0.15, 0.2) is 36.4 Å². The molecule has 162 valence electrons. The maximum atomic E-state index is 13.7. The van der Waals surface area contributed by atoms with Crippen LogP contribution in [-0.4, -0.2) is 49.1 Å². The third kappa shape index (κ3) is 6.08. The Kier molecular flexibility index (Phi) is 7.25. The molecule has 1 saturated heterocycles. The summed E-state index contributed by atoms with van der Waals surface area (Å²) < 4.78 is 41.9. The van der Waals surface area contributed by atoms with Gasteiger partial charge in [-0.05, 0) is 72.0 Å². The van der Waals surface area contributed by atoms with Gasteiger partial charge in [-0.2, -0.15) is 13.2 Å². The number of halogens is 4. The smallest absolute Gasteiger partial charge is 0.308 e. The molecule has 0 aliphatic carbocycles. The average molecular weight is 532 g/mol. The summed E-state index contributed by atoms with van der Waals surface area (Å²) in [6.45, 7) is 5.31. The first-order valence-corrected chi connectivity index (χ1v) is 10.6. The quantitative estimate of drug-likeness (QED) is 0.545. The van der Waals surface area contributed by atoms with E-state index in [1.54, 1.807) is 12.1 Å². The van der Waals surface area contributed by atoms with E-state index < -0.39 is 17.8 Å². The van der Waals surface area contributed by atoms with Crippen molar-refractivity contribution in [3.63, 3.8) is 0 Å². The Morgan fingerprint density at radius 3 is 2.23 bits per heavy atom. The lowest BCUT2D eigenvalue weighted by atomic mass is 10.0. The lowest BCUT2D eigenvalue weighted by Crippen LogP contribution is -2.44. The summed E-state index contributed by atoms with van der Waals surface area (Å²) >= 11 is 2.16. The maximum absolute atomic E-state index is 13.7. The van der Waals surface area contributed by atoms with Gasteiger partial charge < -0.3 is 15.5 Å². The number of anilines is 2. The molecule has 0 unspecified atom stereocenters. The molecular weight excluding hydrogens is 508 g/mol. The van der Waals surface area contributed by atoms with Crippen molar-refractivity contribution < 1.29 is 18.0 Å². The largest absolute Gasteiger partial charge is 0.416 e. The van der Waals surface area contributed by atoms with Crippen LogP contribution in [0.5, 0.6) is 0 Å². The van der Waals surface area contributed by atoms with Crippen LogP contribution in [0.3, 0.4) is 0 Å². The van der Waals surface area contributed by atoms with Gasteiger partial charge in [0.25, 0.3) is 0 Å². The number of benzene rings is 2. The second-order valence-corrected chi connectivity index (χ2v) is 8.65. The molecule has 3 rings (SSSR count). The van der Waals surface area contributed by atoms with Gasteiger partial charge in [-0.15, -0.1) is 0 Å².